The van der Waals surface area contributed by atoms with Crippen LogP contribution in [0.1, 0.15) is 17.3 Å². The molecule has 0 bridgehead atoms. The summed E-state index contributed by atoms with van der Waals surface area (Å²) in [7, 11) is 0. The Balaban J connectivity index is 2.59. The highest BCUT2D eigenvalue weighted by atomic mass is 19.3. The minimum absolute atomic E-state index is 0.111. The van der Waals surface area contributed by atoms with Gasteiger partial charge < -0.3 is 15.4 Å². The van der Waals surface area contributed by atoms with Crippen LogP contribution in [0.15, 0.2) is 24.3 Å². The normalized spacial score (nSPS) is 10.1. The molecular formula is C12H14F2N2O3. The highest BCUT2D eigenvalue weighted by Gasteiger charge is 2.10. The van der Waals surface area contributed by atoms with Gasteiger partial charge in [0.2, 0.25) is 5.91 Å². The average molecular weight is 272 g/mol. The predicted molar refractivity (Wildman–Crippen MR) is 64.1 cm³/mol. The lowest BCUT2D eigenvalue weighted by Crippen LogP contribution is -2.36. The number of hydrogen-bond acceptors (Lipinski definition) is 3. The van der Waals surface area contributed by atoms with Crippen molar-refractivity contribution in [1.82, 2.24) is 10.6 Å². The van der Waals surface area contributed by atoms with E-state index in [0.717, 1.165) is 0 Å². The number of rotatable bonds is 6. The van der Waals surface area contributed by atoms with Crippen molar-refractivity contribution in [3.8, 4) is 5.75 Å². The second-order valence-corrected chi connectivity index (χ2v) is 3.54. The Hall–Kier alpha value is -2.18. The van der Waals surface area contributed by atoms with E-state index in [2.05, 4.69) is 15.4 Å². The van der Waals surface area contributed by atoms with Gasteiger partial charge in [-0.25, -0.2) is 0 Å². The van der Waals surface area contributed by atoms with Crippen LogP contribution in [-0.2, 0) is 4.79 Å². The Morgan fingerprint density at radius 2 is 2.05 bits per heavy atom. The van der Waals surface area contributed by atoms with E-state index in [-0.39, 0.29) is 23.8 Å². The molecule has 1 rings (SSSR count). The number of carbonyl (C=O) groups is 2. The number of carbonyl (C=O) groups excluding carboxylic acids is 2. The van der Waals surface area contributed by atoms with Crippen LogP contribution >= 0.6 is 0 Å². The number of amides is 2. The van der Waals surface area contributed by atoms with Crippen molar-refractivity contribution in [2.75, 3.05) is 13.1 Å². The zero-order chi connectivity index (χ0) is 14.3. The van der Waals surface area contributed by atoms with Gasteiger partial charge in [0.05, 0.1) is 6.54 Å². The van der Waals surface area contributed by atoms with E-state index in [0.29, 0.717) is 6.54 Å². The summed E-state index contributed by atoms with van der Waals surface area (Å²) in [6, 6.07) is 5.34. The maximum absolute atomic E-state index is 12.0. The molecule has 1 aromatic carbocycles. The zero-order valence-corrected chi connectivity index (χ0v) is 10.3. The van der Waals surface area contributed by atoms with E-state index in [9.17, 15) is 18.4 Å². The van der Waals surface area contributed by atoms with Gasteiger partial charge in [-0.05, 0) is 25.1 Å². The first-order chi connectivity index (χ1) is 9.02. The number of ether oxygens (including phenoxy) is 1. The molecular weight excluding hydrogens is 258 g/mol. The first-order valence-electron chi connectivity index (χ1n) is 5.62. The topological polar surface area (TPSA) is 67.4 Å². The third kappa shape index (κ3) is 5.33. The number of alkyl halides is 2. The molecule has 0 fully saturated rings. The third-order valence-corrected chi connectivity index (χ3v) is 2.10. The van der Waals surface area contributed by atoms with E-state index < -0.39 is 12.5 Å². The van der Waals surface area contributed by atoms with Crippen LogP contribution < -0.4 is 15.4 Å². The molecule has 0 heterocycles. The number of nitrogens with one attached hydrogen (secondary N) is 2. The fourth-order valence-electron chi connectivity index (χ4n) is 1.34. The van der Waals surface area contributed by atoms with Crippen LogP contribution in [0.2, 0.25) is 0 Å². The van der Waals surface area contributed by atoms with E-state index in [4.69, 9.17) is 0 Å². The average Bonchev–Trinajstić information content (AvgIpc) is 2.36. The zero-order valence-electron chi connectivity index (χ0n) is 10.3. The predicted octanol–water partition coefficient (Wildman–Crippen LogP) is 1.15. The number of halogens is 2. The summed E-state index contributed by atoms with van der Waals surface area (Å²) in [6.45, 7) is -0.905. The van der Waals surface area contributed by atoms with Gasteiger partial charge >= 0.3 is 6.61 Å². The molecule has 0 saturated heterocycles. The molecule has 0 saturated carbocycles. The molecule has 0 aliphatic carbocycles. The van der Waals surface area contributed by atoms with Crippen molar-refractivity contribution in [3.05, 3.63) is 29.8 Å². The second kappa shape index (κ2) is 7.30. The van der Waals surface area contributed by atoms with Crippen LogP contribution in [0.5, 0.6) is 5.75 Å². The van der Waals surface area contributed by atoms with Gasteiger partial charge in [0.1, 0.15) is 5.75 Å². The summed E-state index contributed by atoms with van der Waals surface area (Å²) in [5.74, 6) is -0.970. The molecule has 7 heteroatoms. The number of likely N-dealkylation sites (N-methyl/N-ethyl adjacent to an activating group) is 1. The summed E-state index contributed by atoms with van der Waals surface area (Å²) in [5, 5.41) is 4.88. The molecule has 0 radical (unpaired) electrons. The standard InChI is InChI=1S/C12H14F2N2O3/c1-2-15-10(17)7-16-11(18)8-4-3-5-9(6-8)19-12(13)14/h3-6,12H,2,7H2,1H3,(H,15,17)(H,16,18). The molecule has 0 spiro atoms. The molecule has 0 aliphatic rings. The van der Waals surface area contributed by atoms with Crippen molar-refractivity contribution in [2.45, 2.75) is 13.5 Å². The number of benzene rings is 1. The fraction of sp³-hybridized carbons (Fsp3) is 0.333. The molecule has 19 heavy (non-hydrogen) atoms. The lowest BCUT2D eigenvalue weighted by atomic mass is 10.2. The monoisotopic (exact) mass is 272 g/mol. The Kier molecular flexibility index (Phi) is 5.72. The van der Waals surface area contributed by atoms with E-state index in [1.54, 1.807) is 6.92 Å². The molecule has 5 nitrogen and oxygen atoms in total. The lowest BCUT2D eigenvalue weighted by molar-refractivity contribution is -0.120. The highest BCUT2D eigenvalue weighted by Crippen LogP contribution is 2.15. The molecule has 104 valence electrons. The Morgan fingerprint density at radius 1 is 1.32 bits per heavy atom. The minimum Gasteiger partial charge on any atom is -0.435 e. The van der Waals surface area contributed by atoms with Crippen molar-refractivity contribution in [2.24, 2.45) is 0 Å². The van der Waals surface area contributed by atoms with Gasteiger partial charge in [-0.3, -0.25) is 9.59 Å². The molecule has 0 aromatic heterocycles. The SMILES string of the molecule is CCNC(=O)CNC(=O)c1cccc(OC(F)F)c1. The summed E-state index contributed by atoms with van der Waals surface area (Å²) in [6.07, 6.45) is 0. The minimum atomic E-state index is -2.95. The summed E-state index contributed by atoms with van der Waals surface area (Å²) in [5.41, 5.74) is 0.141. The van der Waals surface area contributed by atoms with Crippen molar-refractivity contribution in [3.63, 3.8) is 0 Å². The molecule has 2 N–H and O–H groups in total. The van der Waals surface area contributed by atoms with E-state index in [1.807, 2.05) is 0 Å². The Labute approximate surface area is 108 Å². The van der Waals surface area contributed by atoms with E-state index in [1.165, 1.54) is 24.3 Å². The van der Waals surface area contributed by atoms with Gasteiger partial charge in [-0.15, -0.1) is 0 Å². The second-order valence-electron chi connectivity index (χ2n) is 3.54. The smallest absolute Gasteiger partial charge is 0.387 e. The van der Waals surface area contributed by atoms with Crippen LogP contribution in [0, 0.1) is 0 Å². The van der Waals surface area contributed by atoms with Crippen LogP contribution in [0.25, 0.3) is 0 Å². The maximum Gasteiger partial charge on any atom is 0.387 e. The summed E-state index contributed by atoms with van der Waals surface area (Å²) in [4.78, 5) is 22.8. The van der Waals surface area contributed by atoms with Gasteiger partial charge in [0, 0.05) is 12.1 Å². The van der Waals surface area contributed by atoms with Crippen molar-refractivity contribution in [1.29, 1.82) is 0 Å². The van der Waals surface area contributed by atoms with Gasteiger partial charge in [0.25, 0.3) is 5.91 Å². The van der Waals surface area contributed by atoms with Crippen LogP contribution in [-0.4, -0.2) is 31.5 Å². The molecule has 0 aliphatic heterocycles. The maximum atomic E-state index is 12.0. The van der Waals surface area contributed by atoms with Crippen molar-refractivity contribution < 1.29 is 23.1 Å². The Bertz CT molecular complexity index is 452. The highest BCUT2D eigenvalue weighted by molar-refractivity contribution is 5.96. The molecule has 2 amide bonds. The molecule has 1 aromatic rings. The summed E-state index contributed by atoms with van der Waals surface area (Å²) >= 11 is 0. The Morgan fingerprint density at radius 3 is 2.68 bits per heavy atom. The van der Waals surface area contributed by atoms with Crippen LogP contribution in [0.3, 0.4) is 0 Å². The largest absolute Gasteiger partial charge is 0.435 e. The van der Waals surface area contributed by atoms with Crippen molar-refractivity contribution >= 4 is 11.8 Å². The van der Waals surface area contributed by atoms with Gasteiger partial charge in [-0.2, -0.15) is 8.78 Å². The third-order valence-electron chi connectivity index (χ3n) is 2.10. The quantitative estimate of drug-likeness (QED) is 0.816. The molecule has 0 atom stereocenters. The van der Waals surface area contributed by atoms with Gasteiger partial charge in [0.15, 0.2) is 0 Å². The number of hydrogen-bond donors (Lipinski definition) is 2. The van der Waals surface area contributed by atoms with E-state index >= 15 is 0 Å². The first kappa shape index (κ1) is 14.9. The first-order valence-corrected chi connectivity index (χ1v) is 5.62. The van der Waals surface area contributed by atoms with Crippen LogP contribution in [0.4, 0.5) is 8.78 Å². The van der Waals surface area contributed by atoms with Gasteiger partial charge in [-0.1, -0.05) is 6.07 Å². The molecule has 0 unspecified atom stereocenters. The summed E-state index contributed by atoms with van der Waals surface area (Å²) < 4.78 is 28.2. The fourth-order valence-corrected chi connectivity index (χ4v) is 1.34. The lowest BCUT2D eigenvalue weighted by Gasteiger charge is -2.07.